The van der Waals surface area contributed by atoms with Gasteiger partial charge in [0.1, 0.15) is 5.82 Å². The molecule has 0 unspecified atom stereocenters. The lowest BCUT2D eigenvalue weighted by Crippen LogP contribution is -2.38. The van der Waals surface area contributed by atoms with E-state index < -0.39 is 0 Å². The van der Waals surface area contributed by atoms with Crippen molar-refractivity contribution in [2.24, 2.45) is 0 Å². The molecule has 0 aliphatic carbocycles. The topological polar surface area (TPSA) is 34.0 Å². The van der Waals surface area contributed by atoms with Crippen LogP contribution in [0.25, 0.3) is 22.3 Å². The largest absolute Gasteiger partial charge is 0.356 e. The fraction of sp³-hybridized carbons (Fsp3) is 0.455. The first-order valence-corrected chi connectivity index (χ1v) is 9.73. The van der Waals surface area contributed by atoms with Crippen molar-refractivity contribution < 1.29 is 0 Å². The van der Waals surface area contributed by atoms with Gasteiger partial charge in [-0.15, -0.1) is 0 Å². The van der Waals surface area contributed by atoms with Gasteiger partial charge < -0.3 is 9.47 Å². The Kier molecular flexibility index (Phi) is 4.22. The summed E-state index contributed by atoms with van der Waals surface area (Å²) in [5.41, 5.74) is 8.17. The standard InChI is InChI=1S/C22H28N4/c1-6-25-13-16(5)21-19(25)12-15(4)20(24-21)17-8-9-18(14(2)3)23-22(17)26-10-7-11-26/h8-9,12-14H,6-7,10-11H2,1-5H3. The van der Waals surface area contributed by atoms with Crippen LogP contribution in [0.3, 0.4) is 0 Å². The molecule has 26 heavy (non-hydrogen) atoms. The summed E-state index contributed by atoms with van der Waals surface area (Å²) in [6.07, 6.45) is 3.45. The van der Waals surface area contributed by atoms with E-state index in [-0.39, 0.29) is 0 Å². The Balaban J connectivity index is 1.92. The Morgan fingerprint density at radius 3 is 2.46 bits per heavy atom. The Morgan fingerprint density at radius 1 is 1.08 bits per heavy atom. The molecule has 0 aromatic carbocycles. The normalized spacial score (nSPS) is 14.3. The van der Waals surface area contributed by atoms with E-state index in [2.05, 4.69) is 68.5 Å². The monoisotopic (exact) mass is 348 g/mol. The third-order valence-corrected chi connectivity index (χ3v) is 5.47. The molecule has 0 N–H and O–H groups in total. The van der Waals surface area contributed by atoms with Crippen molar-refractivity contribution in [1.82, 2.24) is 14.5 Å². The number of pyridine rings is 2. The van der Waals surface area contributed by atoms with E-state index in [9.17, 15) is 0 Å². The van der Waals surface area contributed by atoms with E-state index in [0.717, 1.165) is 47.9 Å². The van der Waals surface area contributed by atoms with Gasteiger partial charge in [-0.05, 0) is 62.4 Å². The Hall–Kier alpha value is -2.36. The van der Waals surface area contributed by atoms with Gasteiger partial charge in [0.25, 0.3) is 0 Å². The first-order valence-electron chi connectivity index (χ1n) is 9.73. The fourth-order valence-corrected chi connectivity index (χ4v) is 3.75. The van der Waals surface area contributed by atoms with Gasteiger partial charge in [-0.25, -0.2) is 9.97 Å². The van der Waals surface area contributed by atoms with Crippen molar-refractivity contribution in [3.8, 4) is 11.3 Å². The van der Waals surface area contributed by atoms with Gasteiger partial charge >= 0.3 is 0 Å². The van der Waals surface area contributed by atoms with Crippen molar-refractivity contribution in [3.63, 3.8) is 0 Å². The zero-order valence-corrected chi connectivity index (χ0v) is 16.5. The average Bonchev–Trinajstić information content (AvgIpc) is 2.88. The van der Waals surface area contributed by atoms with E-state index in [1.165, 1.54) is 23.1 Å². The summed E-state index contributed by atoms with van der Waals surface area (Å²) >= 11 is 0. The maximum Gasteiger partial charge on any atom is 0.138 e. The van der Waals surface area contributed by atoms with Gasteiger partial charge in [0, 0.05) is 37.1 Å². The van der Waals surface area contributed by atoms with Gasteiger partial charge in [0.05, 0.1) is 16.7 Å². The van der Waals surface area contributed by atoms with Gasteiger partial charge in [-0.2, -0.15) is 0 Å². The van der Waals surface area contributed by atoms with Crippen LogP contribution in [0.4, 0.5) is 5.82 Å². The number of hydrogen-bond acceptors (Lipinski definition) is 3. The van der Waals surface area contributed by atoms with E-state index in [1.54, 1.807) is 0 Å². The smallest absolute Gasteiger partial charge is 0.138 e. The zero-order chi connectivity index (χ0) is 18.4. The number of fused-ring (bicyclic) bond motifs is 1. The predicted octanol–water partition coefficient (Wildman–Crippen LogP) is 5.07. The van der Waals surface area contributed by atoms with Gasteiger partial charge in [0.15, 0.2) is 0 Å². The quantitative estimate of drug-likeness (QED) is 0.660. The minimum absolute atomic E-state index is 0.432. The van der Waals surface area contributed by atoms with Crippen LogP contribution in [-0.2, 0) is 6.54 Å². The Bertz CT molecular complexity index is 964. The lowest BCUT2D eigenvalue weighted by atomic mass is 10.0. The van der Waals surface area contributed by atoms with Gasteiger partial charge in [-0.3, -0.25) is 0 Å². The van der Waals surface area contributed by atoms with Crippen molar-refractivity contribution in [2.45, 2.75) is 53.5 Å². The number of rotatable bonds is 4. The summed E-state index contributed by atoms with van der Waals surface area (Å²) in [5, 5.41) is 0. The third-order valence-electron chi connectivity index (χ3n) is 5.47. The van der Waals surface area contributed by atoms with Crippen LogP contribution in [0.2, 0.25) is 0 Å². The van der Waals surface area contributed by atoms with Crippen LogP contribution < -0.4 is 4.90 Å². The fourth-order valence-electron chi connectivity index (χ4n) is 3.75. The lowest BCUT2D eigenvalue weighted by Gasteiger charge is -2.34. The molecule has 0 bridgehead atoms. The molecule has 1 aliphatic heterocycles. The molecule has 4 heteroatoms. The van der Waals surface area contributed by atoms with E-state index in [1.807, 2.05) is 0 Å². The molecule has 0 radical (unpaired) electrons. The predicted molar refractivity (Wildman–Crippen MR) is 109 cm³/mol. The SMILES string of the molecule is CCn1cc(C)c2nc(-c3ccc(C(C)C)nc3N3CCC3)c(C)cc21. The minimum Gasteiger partial charge on any atom is -0.356 e. The summed E-state index contributed by atoms with van der Waals surface area (Å²) in [7, 11) is 0. The maximum atomic E-state index is 5.10. The van der Waals surface area contributed by atoms with Crippen LogP contribution in [0.15, 0.2) is 24.4 Å². The molecular weight excluding hydrogens is 320 g/mol. The van der Waals surface area contributed by atoms with Crippen LogP contribution in [-0.4, -0.2) is 27.6 Å². The van der Waals surface area contributed by atoms with Gasteiger partial charge in [-0.1, -0.05) is 13.8 Å². The molecule has 4 rings (SSSR count). The van der Waals surface area contributed by atoms with Crippen molar-refractivity contribution in [2.75, 3.05) is 18.0 Å². The molecule has 4 nitrogen and oxygen atoms in total. The summed E-state index contributed by atoms with van der Waals surface area (Å²) in [4.78, 5) is 12.5. The second kappa shape index (κ2) is 6.42. The molecule has 0 atom stereocenters. The van der Waals surface area contributed by atoms with Crippen LogP contribution >= 0.6 is 0 Å². The van der Waals surface area contributed by atoms with Crippen molar-refractivity contribution in [1.29, 1.82) is 0 Å². The number of aryl methyl sites for hydroxylation is 3. The van der Waals surface area contributed by atoms with Gasteiger partial charge in [0.2, 0.25) is 0 Å². The summed E-state index contributed by atoms with van der Waals surface area (Å²) in [5.74, 6) is 1.53. The Morgan fingerprint density at radius 2 is 1.85 bits per heavy atom. The molecule has 136 valence electrons. The molecule has 0 saturated carbocycles. The Labute approximate surface area is 155 Å². The minimum atomic E-state index is 0.432. The first kappa shape index (κ1) is 17.1. The second-order valence-electron chi connectivity index (χ2n) is 7.72. The highest BCUT2D eigenvalue weighted by Gasteiger charge is 2.23. The number of nitrogens with zero attached hydrogens (tertiary/aromatic N) is 4. The van der Waals surface area contributed by atoms with E-state index in [0.29, 0.717) is 5.92 Å². The van der Waals surface area contributed by atoms with Crippen molar-refractivity contribution >= 4 is 16.9 Å². The average molecular weight is 348 g/mol. The van der Waals surface area contributed by atoms with Crippen molar-refractivity contribution in [3.05, 3.63) is 41.2 Å². The highest BCUT2D eigenvalue weighted by Crippen LogP contribution is 2.35. The summed E-state index contributed by atoms with van der Waals surface area (Å²) in [6, 6.07) is 6.67. The zero-order valence-electron chi connectivity index (χ0n) is 16.5. The van der Waals surface area contributed by atoms with Crippen LogP contribution in [0, 0.1) is 13.8 Å². The van der Waals surface area contributed by atoms with Crippen LogP contribution in [0.5, 0.6) is 0 Å². The van der Waals surface area contributed by atoms with E-state index in [4.69, 9.17) is 9.97 Å². The molecular formula is C22H28N4. The molecule has 1 aliphatic rings. The molecule has 1 saturated heterocycles. The molecule has 0 amide bonds. The lowest BCUT2D eigenvalue weighted by molar-refractivity contribution is 0.607. The van der Waals surface area contributed by atoms with Crippen LogP contribution in [0.1, 0.15) is 49.9 Å². The molecule has 0 spiro atoms. The number of aromatic nitrogens is 3. The molecule has 1 fully saturated rings. The summed E-state index contributed by atoms with van der Waals surface area (Å²) in [6.45, 7) is 14.1. The highest BCUT2D eigenvalue weighted by molar-refractivity contribution is 5.86. The molecule has 3 aromatic rings. The number of anilines is 1. The summed E-state index contributed by atoms with van der Waals surface area (Å²) < 4.78 is 2.28. The highest BCUT2D eigenvalue weighted by atomic mass is 15.2. The third kappa shape index (κ3) is 2.68. The molecule has 4 heterocycles. The second-order valence-corrected chi connectivity index (χ2v) is 7.72. The first-order chi connectivity index (χ1) is 12.5. The maximum absolute atomic E-state index is 5.10. The van der Waals surface area contributed by atoms with E-state index >= 15 is 0 Å². The molecule has 3 aromatic heterocycles. The number of hydrogen-bond donors (Lipinski definition) is 0.